The fourth-order valence-electron chi connectivity index (χ4n) is 2.98. The van der Waals surface area contributed by atoms with Gasteiger partial charge in [0.05, 0.1) is 25.5 Å². The lowest BCUT2D eigenvalue weighted by atomic mass is 10.2. The summed E-state index contributed by atoms with van der Waals surface area (Å²) in [5.74, 6) is 0.171. The van der Waals surface area contributed by atoms with Crippen LogP contribution in [-0.4, -0.2) is 48.9 Å². The van der Waals surface area contributed by atoms with E-state index in [2.05, 4.69) is 26.2 Å². The number of rotatable bonds is 6. The van der Waals surface area contributed by atoms with Crippen LogP contribution in [0.2, 0.25) is 0 Å². The Morgan fingerprint density at radius 3 is 2.75 bits per heavy atom. The highest BCUT2D eigenvalue weighted by atomic mass is 79.9. The van der Waals surface area contributed by atoms with Crippen molar-refractivity contribution >= 4 is 33.5 Å². The summed E-state index contributed by atoms with van der Waals surface area (Å²) in [6.45, 7) is 4.37. The van der Waals surface area contributed by atoms with Crippen LogP contribution < -0.4 is 15.8 Å². The zero-order valence-electron chi connectivity index (χ0n) is 15.9. The number of nitrogens with one attached hydrogen (secondary N) is 1. The molecular formula is C19H23BrN4O4. The average molecular weight is 451 g/mol. The van der Waals surface area contributed by atoms with Crippen molar-refractivity contribution in [3.8, 4) is 0 Å². The summed E-state index contributed by atoms with van der Waals surface area (Å²) in [7, 11) is 1.55. The lowest BCUT2D eigenvalue weighted by Crippen LogP contribution is -2.42. The first-order valence-corrected chi connectivity index (χ1v) is 9.75. The van der Waals surface area contributed by atoms with Crippen molar-refractivity contribution < 1.29 is 14.3 Å². The number of benzene rings is 1. The minimum Gasteiger partial charge on any atom is -0.378 e. The molecule has 0 spiro atoms. The Morgan fingerprint density at radius 2 is 2.07 bits per heavy atom. The number of hydrogen-bond acceptors (Lipinski definition) is 6. The molecule has 1 saturated heterocycles. The van der Waals surface area contributed by atoms with Crippen LogP contribution in [0.5, 0.6) is 0 Å². The Kier molecular flexibility index (Phi) is 6.82. The first-order chi connectivity index (χ1) is 13.5. The molecule has 2 heterocycles. The molecule has 1 aliphatic heterocycles. The SMILES string of the molecule is COCc1cc(=O)n(CC(=O)Nc2ccc(Br)c(C)c2)c(N2CCOCC2)n1. The molecule has 0 radical (unpaired) electrons. The van der Waals surface area contributed by atoms with Crippen LogP contribution >= 0.6 is 15.9 Å². The second kappa shape index (κ2) is 9.31. The van der Waals surface area contributed by atoms with E-state index in [1.54, 1.807) is 13.2 Å². The van der Waals surface area contributed by atoms with Gasteiger partial charge in [-0.15, -0.1) is 0 Å². The fourth-order valence-corrected chi connectivity index (χ4v) is 3.23. The number of aromatic nitrogens is 2. The number of halogens is 1. The molecule has 150 valence electrons. The lowest BCUT2D eigenvalue weighted by molar-refractivity contribution is -0.116. The topological polar surface area (TPSA) is 85.7 Å². The quantitative estimate of drug-likeness (QED) is 0.723. The molecule has 28 heavy (non-hydrogen) atoms. The summed E-state index contributed by atoms with van der Waals surface area (Å²) >= 11 is 3.44. The first kappa shape index (κ1) is 20.5. The van der Waals surface area contributed by atoms with Gasteiger partial charge in [-0.25, -0.2) is 4.98 Å². The van der Waals surface area contributed by atoms with Crippen molar-refractivity contribution in [2.45, 2.75) is 20.1 Å². The lowest BCUT2D eigenvalue weighted by Gasteiger charge is -2.29. The minimum absolute atomic E-state index is 0.124. The van der Waals surface area contributed by atoms with E-state index in [0.717, 1.165) is 10.0 Å². The molecule has 0 aliphatic carbocycles. The van der Waals surface area contributed by atoms with Crippen molar-refractivity contribution in [3.05, 3.63) is 50.3 Å². The molecule has 1 fully saturated rings. The van der Waals surface area contributed by atoms with Crippen molar-refractivity contribution in [1.82, 2.24) is 9.55 Å². The van der Waals surface area contributed by atoms with E-state index in [4.69, 9.17) is 9.47 Å². The third kappa shape index (κ3) is 4.98. The second-order valence-electron chi connectivity index (χ2n) is 6.52. The fraction of sp³-hybridized carbons (Fsp3) is 0.421. The van der Waals surface area contributed by atoms with Gasteiger partial charge < -0.3 is 19.7 Å². The number of anilines is 2. The molecule has 1 aliphatic rings. The second-order valence-corrected chi connectivity index (χ2v) is 7.37. The van der Waals surface area contributed by atoms with Crippen LogP contribution in [-0.2, 0) is 27.4 Å². The van der Waals surface area contributed by atoms with E-state index in [0.29, 0.717) is 43.6 Å². The van der Waals surface area contributed by atoms with Gasteiger partial charge in [0, 0.05) is 36.4 Å². The Balaban J connectivity index is 1.85. The van der Waals surface area contributed by atoms with Gasteiger partial charge in [-0.05, 0) is 30.7 Å². The third-order valence-corrected chi connectivity index (χ3v) is 5.26. The van der Waals surface area contributed by atoms with Crippen molar-refractivity contribution in [2.24, 2.45) is 0 Å². The minimum atomic E-state index is -0.292. The molecule has 0 unspecified atom stereocenters. The molecule has 3 rings (SSSR count). The Bertz CT molecular complexity index is 909. The van der Waals surface area contributed by atoms with E-state index in [-0.39, 0.29) is 24.6 Å². The van der Waals surface area contributed by atoms with Crippen LogP contribution in [0.25, 0.3) is 0 Å². The Hall–Kier alpha value is -2.23. The summed E-state index contributed by atoms with van der Waals surface area (Å²) in [4.78, 5) is 31.8. The van der Waals surface area contributed by atoms with Gasteiger partial charge in [-0.1, -0.05) is 15.9 Å². The number of carbonyl (C=O) groups excluding carboxylic acids is 1. The molecule has 1 aromatic heterocycles. The average Bonchev–Trinajstić information content (AvgIpc) is 2.67. The van der Waals surface area contributed by atoms with Gasteiger partial charge in [0.1, 0.15) is 6.54 Å². The number of carbonyl (C=O) groups is 1. The molecule has 8 nitrogen and oxygen atoms in total. The number of methoxy groups -OCH3 is 1. The van der Waals surface area contributed by atoms with E-state index in [9.17, 15) is 9.59 Å². The molecule has 0 saturated carbocycles. The highest BCUT2D eigenvalue weighted by Crippen LogP contribution is 2.20. The Labute approximate surface area is 171 Å². The number of ether oxygens (including phenoxy) is 2. The van der Waals surface area contributed by atoms with E-state index in [1.807, 2.05) is 24.0 Å². The summed E-state index contributed by atoms with van der Waals surface area (Å²) in [6.07, 6.45) is 0. The number of nitrogens with zero attached hydrogens (tertiary/aromatic N) is 3. The highest BCUT2D eigenvalue weighted by Gasteiger charge is 2.20. The number of amides is 1. The zero-order valence-corrected chi connectivity index (χ0v) is 17.5. The van der Waals surface area contributed by atoms with Gasteiger partial charge in [0.25, 0.3) is 5.56 Å². The maximum Gasteiger partial charge on any atom is 0.255 e. The summed E-state index contributed by atoms with van der Waals surface area (Å²) in [5, 5.41) is 2.84. The van der Waals surface area contributed by atoms with Crippen LogP contribution in [0.1, 0.15) is 11.3 Å². The zero-order chi connectivity index (χ0) is 20.1. The molecule has 1 amide bonds. The number of aryl methyl sites for hydroxylation is 1. The summed E-state index contributed by atoms with van der Waals surface area (Å²) in [6, 6.07) is 6.95. The Morgan fingerprint density at radius 1 is 1.32 bits per heavy atom. The maximum absolute atomic E-state index is 12.7. The molecule has 1 aromatic carbocycles. The van der Waals surface area contributed by atoms with Crippen LogP contribution in [0.3, 0.4) is 0 Å². The smallest absolute Gasteiger partial charge is 0.255 e. The predicted molar refractivity (Wildman–Crippen MR) is 110 cm³/mol. The van der Waals surface area contributed by atoms with Gasteiger partial charge in [0.2, 0.25) is 11.9 Å². The molecular weight excluding hydrogens is 428 g/mol. The molecule has 2 aromatic rings. The van der Waals surface area contributed by atoms with Crippen LogP contribution in [0.4, 0.5) is 11.6 Å². The van der Waals surface area contributed by atoms with Gasteiger partial charge in [0.15, 0.2) is 0 Å². The standard InChI is InChI=1S/C19H23BrN4O4/c1-13-9-14(3-4-16(13)20)21-17(25)11-24-18(26)10-15(12-27-2)22-19(24)23-5-7-28-8-6-23/h3-4,9-10H,5-8,11-12H2,1-2H3,(H,21,25). The van der Waals surface area contributed by atoms with Gasteiger partial charge in [-0.2, -0.15) is 0 Å². The van der Waals surface area contributed by atoms with Gasteiger partial charge >= 0.3 is 0 Å². The number of morpholine rings is 1. The number of hydrogen-bond donors (Lipinski definition) is 1. The van der Waals surface area contributed by atoms with Gasteiger partial charge in [-0.3, -0.25) is 14.2 Å². The highest BCUT2D eigenvalue weighted by molar-refractivity contribution is 9.10. The largest absolute Gasteiger partial charge is 0.378 e. The van der Waals surface area contributed by atoms with Crippen molar-refractivity contribution in [2.75, 3.05) is 43.6 Å². The van der Waals surface area contributed by atoms with Crippen molar-refractivity contribution in [3.63, 3.8) is 0 Å². The molecule has 0 atom stereocenters. The van der Waals surface area contributed by atoms with Crippen LogP contribution in [0.15, 0.2) is 33.5 Å². The molecule has 9 heteroatoms. The van der Waals surface area contributed by atoms with E-state index >= 15 is 0 Å². The monoisotopic (exact) mass is 450 g/mol. The molecule has 0 bridgehead atoms. The summed E-state index contributed by atoms with van der Waals surface area (Å²) in [5.41, 5.74) is 1.94. The van der Waals surface area contributed by atoms with Crippen molar-refractivity contribution in [1.29, 1.82) is 0 Å². The van der Waals surface area contributed by atoms with E-state index < -0.39 is 0 Å². The summed E-state index contributed by atoms with van der Waals surface area (Å²) < 4.78 is 12.9. The predicted octanol–water partition coefficient (Wildman–Crippen LogP) is 1.94. The molecule has 1 N–H and O–H groups in total. The first-order valence-electron chi connectivity index (χ1n) is 8.96. The maximum atomic E-state index is 12.7. The third-order valence-electron chi connectivity index (χ3n) is 4.37. The van der Waals surface area contributed by atoms with Crippen LogP contribution in [0, 0.1) is 6.92 Å². The van der Waals surface area contributed by atoms with E-state index in [1.165, 1.54) is 10.6 Å². The normalized spacial score (nSPS) is 14.2.